The van der Waals surface area contributed by atoms with Crippen molar-refractivity contribution in [2.75, 3.05) is 25.5 Å². The lowest BCUT2D eigenvalue weighted by Crippen LogP contribution is -2.25. The zero-order valence-corrected chi connectivity index (χ0v) is 11.2. The van der Waals surface area contributed by atoms with Crippen LogP contribution in [0.2, 0.25) is 0 Å². The van der Waals surface area contributed by atoms with Crippen LogP contribution in [0.25, 0.3) is 0 Å². The maximum atomic E-state index is 12.0. The molecule has 1 saturated heterocycles. The van der Waals surface area contributed by atoms with Crippen molar-refractivity contribution in [2.24, 2.45) is 5.92 Å². The monoisotopic (exact) mass is 262 g/mol. The van der Waals surface area contributed by atoms with Crippen LogP contribution in [0.1, 0.15) is 13.3 Å². The summed E-state index contributed by atoms with van der Waals surface area (Å²) >= 11 is 0. The van der Waals surface area contributed by atoms with Crippen LogP contribution >= 0.6 is 0 Å². The molecule has 19 heavy (non-hydrogen) atoms. The molecule has 1 N–H and O–H groups in total. The topological polar surface area (TPSA) is 58.6 Å². The van der Waals surface area contributed by atoms with Crippen LogP contribution in [-0.4, -0.2) is 36.9 Å². The molecule has 0 aromatic heterocycles. The molecule has 1 aromatic carbocycles. The first-order valence-electron chi connectivity index (χ1n) is 6.38. The Morgan fingerprint density at radius 3 is 2.95 bits per heavy atom. The van der Waals surface area contributed by atoms with E-state index in [0.717, 1.165) is 5.75 Å². The Morgan fingerprint density at radius 2 is 2.32 bits per heavy atom. The fourth-order valence-corrected chi connectivity index (χ4v) is 2.11. The SMILES string of the molecule is CCOc1cccc(NC(=O)[C@H]2CC(=O)N(C)C2)c1. The van der Waals surface area contributed by atoms with Crippen molar-refractivity contribution >= 4 is 17.5 Å². The maximum absolute atomic E-state index is 12.0. The van der Waals surface area contributed by atoms with Gasteiger partial charge in [0.2, 0.25) is 11.8 Å². The number of carbonyl (C=O) groups is 2. The van der Waals surface area contributed by atoms with Crippen LogP contribution in [0, 0.1) is 5.92 Å². The van der Waals surface area contributed by atoms with E-state index < -0.39 is 0 Å². The van der Waals surface area contributed by atoms with Crippen molar-refractivity contribution in [3.05, 3.63) is 24.3 Å². The lowest BCUT2D eigenvalue weighted by atomic mass is 10.1. The van der Waals surface area contributed by atoms with Gasteiger partial charge in [0, 0.05) is 31.8 Å². The number of anilines is 1. The number of rotatable bonds is 4. The van der Waals surface area contributed by atoms with Gasteiger partial charge in [-0.1, -0.05) is 6.07 Å². The second kappa shape index (κ2) is 5.73. The number of carbonyl (C=O) groups excluding carboxylic acids is 2. The van der Waals surface area contributed by atoms with E-state index in [9.17, 15) is 9.59 Å². The first-order chi connectivity index (χ1) is 9.10. The summed E-state index contributed by atoms with van der Waals surface area (Å²) in [7, 11) is 1.71. The number of ether oxygens (including phenoxy) is 1. The zero-order chi connectivity index (χ0) is 13.8. The third-order valence-electron chi connectivity index (χ3n) is 3.12. The third-order valence-corrected chi connectivity index (χ3v) is 3.12. The van der Waals surface area contributed by atoms with E-state index in [0.29, 0.717) is 18.8 Å². The summed E-state index contributed by atoms with van der Waals surface area (Å²) in [4.78, 5) is 25.0. The average molecular weight is 262 g/mol. The number of benzene rings is 1. The van der Waals surface area contributed by atoms with Crippen molar-refractivity contribution in [3.63, 3.8) is 0 Å². The molecule has 0 aliphatic carbocycles. The highest BCUT2D eigenvalue weighted by molar-refractivity contribution is 5.97. The van der Waals surface area contributed by atoms with Gasteiger partial charge in [-0.3, -0.25) is 9.59 Å². The van der Waals surface area contributed by atoms with E-state index in [1.165, 1.54) is 0 Å². The van der Waals surface area contributed by atoms with Gasteiger partial charge in [0.1, 0.15) is 5.75 Å². The summed E-state index contributed by atoms with van der Waals surface area (Å²) < 4.78 is 5.37. The highest BCUT2D eigenvalue weighted by Gasteiger charge is 2.32. The number of hydrogen-bond donors (Lipinski definition) is 1. The number of hydrogen-bond acceptors (Lipinski definition) is 3. The Balaban J connectivity index is 1.99. The maximum Gasteiger partial charge on any atom is 0.229 e. The van der Waals surface area contributed by atoms with Crippen LogP contribution in [0.15, 0.2) is 24.3 Å². The third kappa shape index (κ3) is 3.24. The van der Waals surface area contributed by atoms with E-state index in [1.54, 1.807) is 24.1 Å². The van der Waals surface area contributed by atoms with E-state index >= 15 is 0 Å². The molecule has 1 aliphatic rings. The van der Waals surface area contributed by atoms with Crippen molar-refractivity contribution in [3.8, 4) is 5.75 Å². The fourth-order valence-electron chi connectivity index (χ4n) is 2.11. The minimum atomic E-state index is -0.270. The number of nitrogens with zero attached hydrogens (tertiary/aromatic N) is 1. The van der Waals surface area contributed by atoms with Crippen molar-refractivity contribution in [1.29, 1.82) is 0 Å². The molecule has 1 atom stereocenters. The molecule has 0 radical (unpaired) electrons. The normalized spacial score (nSPS) is 18.5. The van der Waals surface area contributed by atoms with Gasteiger partial charge in [0.05, 0.1) is 12.5 Å². The Kier molecular flexibility index (Phi) is 4.04. The van der Waals surface area contributed by atoms with Gasteiger partial charge in [-0.05, 0) is 19.1 Å². The lowest BCUT2D eigenvalue weighted by Gasteiger charge is -2.12. The van der Waals surface area contributed by atoms with Gasteiger partial charge in [-0.25, -0.2) is 0 Å². The van der Waals surface area contributed by atoms with Crippen molar-refractivity contribution < 1.29 is 14.3 Å². The van der Waals surface area contributed by atoms with Gasteiger partial charge < -0.3 is 15.0 Å². The minimum absolute atomic E-state index is 0.0169. The molecule has 2 amide bonds. The quantitative estimate of drug-likeness (QED) is 0.894. The Bertz CT molecular complexity index is 487. The molecule has 1 heterocycles. The number of amides is 2. The molecule has 5 heteroatoms. The first-order valence-corrected chi connectivity index (χ1v) is 6.38. The molecule has 0 saturated carbocycles. The standard InChI is InChI=1S/C14H18N2O3/c1-3-19-12-6-4-5-11(8-12)15-14(18)10-7-13(17)16(2)9-10/h4-6,8,10H,3,7,9H2,1-2H3,(H,15,18)/t10-/m0/s1. The Hall–Kier alpha value is -2.04. The summed E-state index contributed by atoms with van der Waals surface area (Å²) in [5.74, 6) is 0.350. The number of nitrogens with one attached hydrogen (secondary N) is 1. The van der Waals surface area contributed by atoms with E-state index in [1.807, 2.05) is 19.1 Å². The molecule has 5 nitrogen and oxygen atoms in total. The molecule has 2 rings (SSSR count). The van der Waals surface area contributed by atoms with E-state index in [2.05, 4.69) is 5.32 Å². The summed E-state index contributed by atoms with van der Waals surface area (Å²) in [6.45, 7) is 2.97. The van der Waals surface area contributed by atoms with Crippen LogP contribution in [-0.2, 0) is 9.59 Å². The largest absolute Gasteiger partial charge is 0.494 e. The molecular weight excluding hydrogens is 244 g/mol. The Labute approximate surface area is 112 Å². The first kappa shape index (κ1) is 13.4. The molecule has 1 aromatic rings. The fraction of sp³-hybridized carbons (Fsp3) is 0.429. The molecule has 1 aliphatic heterocycles. The molecule has 0 spiro atoms. The van der Waals surface area contributed by atoms with E-state index in [-0.39, 0.29) is 24.2 Å². The van der Waals surface area contributed by atoms with Gasteiger partial charge in [-0.2, -0.15) is 0 Å². The zero-order valence-electron chi connectivity index (χ0n) is 11.2. The van der Waals surface area contributed by atoms with Crippen LogP contribution < -0.4 is 10.1 Å². The van der Waals surface area contributed by atoms with Crippen LogP contribution in [0.4, 0.5) is 5.69 Å². The predicted octanol–water partition coefficient (Wildman–Crippen LogP) is 1.50. The second-order valence-electron chi connectivity index (χ2n) is 4.63. The summed E-state index contributed by atoms with van der Waals surface area (Å²) in [6.07, 6.45) is 0.285. The highest BCUT2D eigenvalue weighted by Crippen LogP contribution is 2.21. The summed E-state index contributed by atoms with van der Waals surface area (Å²) in [5, 5.41) is 2.83. The smallest absolute Gasteiger partial charge is 0.229 e. The van der Waals surface area contributed by atoms with Crippen LogP contribution in [0.3, 0.4) is 0 Å². The van der Waals surface area contributed by atoms with Gasteiger partial charge in [0.15, 0.2) is 0 Å². The molecule has 1 fully saturated rings. The summed E-state index contributed by atoms with van der Waals surface area (Å²) in [6, 6.07) is 7.25. The lowest BCUT2D eigenvalue weighted by molar-refractivity contribution is -0.127. The van der Waals surface area contributed by atoms with Crippen LogP contribution in [0.5, 0.6) is 5.75 Å². The predicted molar refractivity (Wildman–Crippen MR) is 72.0 cm³/mol. The summed E-state index contributed by atoms with van der Waals surface area (Å²) in [5.41, 5.74) is 0.693. The molecule has 0 bridgehead atoms. The van der Waals surface area contributed by atoms with Crippen molar-refractivity contribution in [1.82, 2.24) is 4.90 Å². The Morgan fingerprint density at radius 1 is 1.53 bits per heavy atom. The molecule has 102 valence electrons. The average Bonchev–Trinajstić information content (AvgIpc) is 2.71. The van der Waals surface area contributed by atoms with E-state index in [4.69, 9.17) is 4.74 Å². The van der Waals surface area contributed by atoms with Crippen molar-refractivity contribution in [2.45, 2.75) is 13.3 Å². The second-order valence-corrected chi connectivity index (χ2v) is 4.63. The highest BCUT2D eigenvalue weighted by atomic mass is 16.5. The van der Waals surface area contributed by atoms with Gasteiger partial charge in [-0.15, -0.1) is 0 Å². The minimum Gasteiger partial charge on any atom is -0.494 e. The molecular formula is C14H18N2O3. The van der Waals surface area contributed by atoms with Gasteiger partial charge in [0.25, 0.3) is 0 Å². The van der Waals surface area contributed by atoms with Gasteiger partial charge >= 0.3 is 0 Å². The molecule has 0 unspecified atom stereocenters. The number of likely N-dealkylation sites (tertiary alicyclic amines) is 1.